The van der Waals surface area contributed by atoms with Gasteiger partial charge in [-0.2, -0.15) is 5.10 Å². The first-order valence-corrected chi connectivity index (χ1v) is 5.65. The van der Waals surface area contributed by atoms with Gasteiger partial charge in [-0.25, -0.2) is 4.98 Å². The summed E-state index contributed by atoms with van der Waals surface area (Å²) < 4.78 is 0. The van der Waals surface area contributed by atoms with Crippen LogP contribution in [0.25, 0.3) is 22.6 Å². The van der Waals surface area contributed by atoms with Gasteiger partial charge in [0, 0.05) is 12.1 Å². The summed E-state index contributed by atoms with van der Waals surface area (Å²) in [5.41, 5.74) is 9.82. The van der Waals surface area contributed by atoms with Crippen molar-refractivity contribution in [1.82, 2.24) is 20.2 Å². The van der Waals surface area contributed by atoms with Gasteiger partial charge in [-0.1, -0.05) is 6.07 Å². The highest BCUT2D eigenvalue weighted by molar-refractivity contribution is 6.17. The normalized spacial score (nSPS) is 11.1. The van der Waals surface area contributed by atoms with E-state index in [4.69, 9.17) is 17.3 Å². The minimum atomic E-state index is 0.475. The number of anilines is 1. The maximum absolute atomic E-state index is 5.78. The second kappa shape index (κ2) is 3.78. The number of nitrogen functional groups attached to an aromatic ring is 1. The van der Waals surface area contributed by atoms with Gasteiger partial charge in [0.05, 0.1) is 16.7 Å². The largest absolute Gasteiger partial charge is 0.396 e. The van der Waals surface area contributed by atoms with Crippen molar-refractivity contribution in [1.29, 1.82) is 0 Å². The van der Waals surface area contributed by atoms with E-state index in [0.717, 1.165) is 16.6 Å². The molecule has 0 aliphatic rings. The van der Waals surface area contributed by atoms with Crippen molar-refractivity contribution in [3.63, 3.8) is 0 Å². The van der Waals surface area contributed by atoms with Crippen molar-refractivity contribution in [2.45, 2.75) is 5.88 Å². The Labute approximate surface area is 102 Å². The predicted molar refractivity (Wildman–Crippen MR) is 67.6 cm³/mol. The van der Waals surface area contributed by atoms with Gasteiger partial charge in [-0.15, -0.1) is 11.6 Å². The summed E-state index contributed by atoms with van der Waals surface area (Å²) in [5.74, 6) is 1.13. The number of benzene rings is 1. The number of aromatic nitrogens is 4. The molecular formula is C11H10ClN5. The fraction of sp³-hybridized carbons (Fsp3) is 0.0909. The van der Waals surface area contributed by atoms with Gasteiger partial charge >= 0.3 is 0 Å². The van der Waals surface area contributed by atoms with Gasteiger partial charge in [0.1, 0.15) is 0 Å². The van der Waals surface area contributed by atoms with Gasteiger partial charge < -0.3 is 10.7 Å². The van der Waals surface area contributed by atoms with Gasteiger partial charge in [0.25, 0.3) is 0 Å². The molecule has 4 N–H and O–H groups in total. The predicted octanol–water partition coefficient (Wildman–Crippen LogP) is 2.27. The highest BCUT2D eigenvalue weighted by Gasteiger charge is 2.10. The second-order valence-corrected chi connectivity index (χ2v) is 4.03. The van der Waals surface area contributed by atoms with Crippen LogP contribution in [0.1, 0.15) is 5.56 Å². The van der Waals surface area contributed by atoms with Crippen LogP contribution < -0.4 is 5.73 Å². The molecule has 3 rings (SSSR count). The van der Waals surface area contributed by atoms with Crippen LogP contribution in [0.5, 0.6) is 0 Å². The molecular weight excluding hydrogens is 238 g/mol. The molecule has 17 heavy (non-hydrogen) atoms. The van der Waals surface area contributed by atoms with Crippen LogP contribution in [0.2, 0.25) is 0 Å². The number of nitrogens with two attached hydrogens (primary N) is 1. The average molecular weight is 248 g/mol. The first kappa shape index (κ1) is 10.2. The van der Waals surface area contributed by atoms with E-state index in [1.807, 2.05) is 18.2 Å². The lowest BCUT2D eigenvalue weighted by molar-refractivity contribution is 1.08. The zero-order chi connectivity index (χ0) is 11.8. The quantitative estimate of drug-likeness (QED) is 0.608. The highest BCUT2D eigenvalue weighted by Crippen LogP contribution is 2.23. The van der Waals surface area contributed by atoms with Crippen molar-refractivity contribution < 1.29 is 0 Å². The van der Waals surface area contributed by atoms with E-state index in [9.17, 15) is 0 Å². The molecule has 1 aromatic carbocycles. The van der Waals surface area contributed by atoms with Crippen LogP contribution >= 0.6 is 11.6 Å². The monoisotopic (exact) mass is 247 g/mol. The zero-order valence-corrected chi connectivity index (χ0v) is 9.62. The maximum atomic E-state index is 5.78. The molecule has 0 unspecified atom stereocenters. The molecule has 2 aromatic heterocycles. The van der Waals surface area contributed by atoms with E-state index < -0.39 is 0 Å². The summed E-state index contributed by atoms with van der Waals surface area (Å²) in [4.78, 5) is 7.62. The number of hydrogen-bond acceptors (Lipinski definition) is 3. The molecule has 0 aliphatic heterocycles. The van der Waals surface area contributed by atoms with Crippen molar-refractivity contribution in [3.05, 3.63) is 30.0 Å². The number of halogens is 1. The standard InChI is InChI=1S/C11H10ClN5/c12-4-6-1-2-8-9(3-6)16-11(15-8)10-7(13)5-14-17-10/h1-3,5H,4,13H2,(H,14,17)(H,15,16). The van der Waals surface area contributed by atoms with Crippen LogP contribution in [0.4, 0.5) is 5.69 Å². The first-order valence-electron chi connectivity index (χ1n) is 5.12. The Morgan fingerprint density at radius 2 is 2.24 bits per heavy atom. The number of rotatable bonds is 2. The molecule has 0 spiro atoms. The summed E-state index contributed by atoms with van der Waals surface area (Å²) >= 11 is 5.78. The van der Waals surface area contributed by atoms with Crippen LogP contribution in [0.3, 0.4) is 0 Å². The third-order valence-electron chi connectivity index (χ3n) is 2.60. The molecule has 5 nitrogen and oxygen atoms in total. The summed E-state index contributed by atoms with van der Waals surface area (Å²) in [6.07, 6.45) is 1.63. The number of H-pyrrole nitrogens is 2. The Bertz CT molecular complexity index is 669. The summed E-state index contributed by atoms with van der Waals surface area (Å²) in [6.45, 7) is 0. The molecule has 2 heterocycles. The fourth-order valence-corrected chi connectivity index (χ4v) is 1.90. The SMILES string of the molecule is Nc1c[nH]nc1-c1nc2cc(CCl)ccc2[nH]1. The summed E-state index contributed by atoms with van der Waals surface area (Å²) in [7, 11) is 0. The van der Waals surface area contributed by atoms with E-state index in [1.54, 1.807) is 6.20 Å². The maximum Gasteiger partial charge on any atom is 0.161 e. The van der Waals surface area contributed by atoms with E-state index in [-0.39, 0.29) is 0 Å². The number of fused-ring (bicyclic) bond motifs is 1. The molecule has 86 valence electrons. The highest BCUT2D eigenvalue weighted by atomic mass is 35.5. The summed E-state index contributed by atoms with van der Waals surface area (Å²) in [6, 6.07) is 5.86. The fourth-order valence-electron chi connectivity index (χ4n) is 1.74. The van der Waals surface area contributed by atoms with Crippen LogP contribution in [0.15, 0.2) is 24.4 Å². The van der Waals surface area contributed by atoms with Crippen molar-refractivity contribution in [3.8, 4) is 11.5 Å². The molecule has 0 bridgehead atoms. The van der Waals surface area contributed by atoms with E-state index >= 15 is 0 Å². The number of hydrogen-bond donors (Lipinski definition) is 3. The Morgan fingerprint density at radius 1 is 1.35 bits per heavy atom. The molecule has 6 heteroatoms. The lowest BCUT2D eigenvalue weighted by atomic mass is 10.2. The van der Waals surface area contributed by atoms with Gasteiger partial charge in [-0.3, -0.25) is 5.10 Å². The van der Waals surface area contributed by atoms with Gasteiger partial charge in [0.2, 0.25) is 0 Å². The first-order chi connectivity index (χ1) is 8.28. The van der Waals surface area contributed by atoms with Crippen molar-refractivity contribution >= 4 is 28.3 Å². The number of alkyl halides is 1. The minimum absolute atomic E-state index is 0.475. The zero-order valence-electron chi connectivity index (χ0n) is 8.87. The minimum Gasteiger partial charge on any atom is -0.396 e. The second-order valence-electron chi connectivity index (χ2n) is 3.76. The van der Waals surface area contributed by atoms with Gasteiger partial charge in [-0.05, 0) is 17.7 Å². The lowest BCUT2D eigenvalue weighted by Gasteiger charge is -1.92. The number of imidazole rings is 1. The van der Waals surface area contributed by atoms with Crippen molar-refractivity contribution in [2.75, 3.05) is 5.73 Å². The van der Waals surface area contributed by atoms with Crippen LogP contribution in [-0.4, -0.2) is 20.2 Å². The summed E-state index contributed by atoms with van der Waals surface area (Å²) in [5, 5.41) is 6.76. The Kier molecular flexibility index (Phi) is 2.26. The molecule has 0 saturated heterocycles. The number of nitrogens with one attached hydrogen (secondary N) is 2. The van der Waals surface area contributed by atoms with Crippen LogP contribution in [0, 0.1) is 0 Å². The average Bonchev–Trinajstić information content (AvgIpc) is 2.93. The smallest absolute Gasteiger partial charge is 0.161 e. The topological polar surface area (TPSA) is 83.4 Å². The van der Waals surface area contributed by atoms with Crippen molar-refractivity contribution in [2.24, 2.45) is 0 Å². The third kappa shape index (κ3) is 1.64. The molecule has 0 aliphatic carbocycles. The third-order valence-corrected chi connectivity index (χ3v) is 2.90. The Morgan fingerprint density at radius 3 is 2.94 bits per heavy atom. The van der Waals surface area contributed by atoms with E-state index in [0.29, 0.717) is 23.1 Å². The number of nitrogens with zero attached hydrogens (tertiary/aromatic N) is 2. The lowest BCUT2D eigenvalue weighted by Crippen LogP contribution is -1.87. The molecule has 0 radical (unpaired) electrons. The Balaban J connectivity index is 2.17. The molecule has 0 amide bonds. The van der Waals surface area contributed by atoms with E-state index in [1.165, 1.54) is 0 Å². The molecule has 0 saturated carbocycles. The van der Waals surface area contributed by atoms with Crippen LogP contribution in [-0.2, 0) is 5.88 Å². The molecule has 0 fully saturated rings. The Hall–Kier alpha value is -2.01. The van der Waals surface area contributed by atoms with E-state index in [2.05, 4.69) is 20.2 Å². The number of aromatic amines is 2. The van der Waals surface area contributed by atoms with Gasteiger partial charge in [0.15, 0.2) is 11.5 Å². The molecule has 0 atom stereocenters. The molecule has 3 aromatic rings.